The number of alkyl halides is 1. The van der Waals surface area contributed by atoms with Crippen LogP contribution in [0.2, 0.25) is 0 Å². The molecule has 0 radical (unpaired) electrons. The van der Waals surface area contributed by atoms with E-state index in [1.165, 1.54) is 0 Å². The van der Waals surface area contributed by atoms with Gasteiger partial charge < -0.3 is 4.52 Å². The highest BCUT2D eigenvalue weighted by molar-refractivity contribution is 5.85. The normalized spacial score (nSPS) is 21.9. The Morgan fingerprint density at radius 3 is 2.90 bits per heavy atom. The summed E-state index contributed by atoms with van der Waals surface area (Å²) in [5, 5.41) is 6.09. The Labute approximate surface area is 114 Å². The summed E-state index contributed by atoms with van der Waals surface area (Å²) in [5.74, 6) is 0.701. The number of rotatable bonds is 2. The first-order chi connectivity index (χ1) is 9.81. The second-order valence-corrected chi connectivity index (χ2v) is 5.09. The topological polar surface area (TPSA) is 51.8 Å². The van der Waals surface area contributed by atoms with Crippen molar-refractivity contribution in [3.63, 3.8) is 0 Å². The molecule has 2 unspecified atom stereocenters. The first-order valence-corrected chi connectivity index (χ1v) is 6.63. The van der Waals surface area contributed by atoms with Crippen LogP contribution in [0.25, 0.3) is 22.2 Å². The van der Waals surface area contributed by atoms with Crippen LogP contribution in [0, 0.1) is 0 Å². The van der Waals surface area contributed by atoms with Crippen LogP contribution in [0.3, 0.4) is 0 Å². The monoisotopic (exact) mass is 269 g/mol. The van der Waals surface area contributed by atoms with Gasteiger partial charge >= 0.3 is 0 Å². The maximum Gasteiger partial charge on any atom is 0.233 e. The van der Waals surface area contributed by atoms with Gasteiger partial charge in [0.1, 0.15) is 6.17 Å². The summed E-state index contributed by atoms with van der Waals surface area (Å²) in [6.45, 7) is 0. The molecular weight excluding hydrogens is 257 g/mol. The molecule has 0 spiro atoms. The third kappa shape index (κ3) is 1.78. The molecule has 1 aliphatic rings. The van der Waals surface area contributed by atoms with Crippen LogP contribution in [-0.2, 0) is 0 Å². The third-order valence-electron chi connectivity index (χ3n) is 3.85. The lowest BCUT2D eigenvalue weighted by molar-refractivity contribution is 0.140. The van der Waals surface area contributed by atoms with E-state index in [1.54, 1.807) is 6.20 Å². The molecule has 0 amide bonds. The van der Waals surface area contributed by atoms with Gasteiger partial charge in [-0.1, -0.05) is 17.3 Å². The fraction of sp³-hybridized carbons (Fsp3) is 0.267. The standard InChI is InChI=1S/C15H12FN3O/c16-13-4-3-12(13)15-18-14(19-20-15)10-1-2-11-8-17-6-5-9(11)7-10/h1-2,5-8,12-13H,3-4H2. The Bertz CT molecular complexity index is 770. The molecule has 0 saturated heterocycles. The molecule has 2 heterocycles. The minimum Gasteiger partial charge on any atom is -0.339 e. The van der Waals surface area contributed by atoms with Crippen molar-refractivity contribution in [3.05, 3.63) is 42.5 Å². The summed E-state index contributed by atoms with van der Waals surface area (Å²) in [4.78, 5) is 8.40. The number of nitrogens with zero attached hydrogens (tertiary/aromatic N) is 3. The molecule has 1 fully saturated rings. The first kappa shape index (κ1) is 11.5. The molecule has 20 heavy (non-hydrogen) atoms. The molecule has 0 N–H and O–H groups in total. The minimum absolute atomic E-state index is 0.221. The smallest absolute Gasteiger partial charge is 0.233 e. The molecule has 100 valence electrons. The summed E-state index contributed by atoms with van der Waals surface area (Å²) in [7, 11) is 0. The quantitative estimate of drug-likeness (QED) is 0.714. The zero-order valence-electron chi connectivity index (χ0n) is 10.7. The lowest BCUT2D eigenvalue weighted by Crippen LogP contribution is -2.25. The second kappa shape index (κ2) is 4.37. The zero-order valence-corrected chi connectivity index (χ0v) is 10.7. The Morgan fingerprint density at radius 2 is 2.10 bits per heavy atom. The maximum absolute atomic E-state index is 13.4. The van der Waals surface area contributed by atoms with Gasteiger partial charge in [0, 0.05) is 23.3 Å². The van der Waals surface area contributed by atoms with Gasteiger partial charge in [0.15, 0.2) is 0 Å². The fourth-order valence-corrected chi connectivity index (χ4v) is 2.46. The van der Waals surface area contributed by atoms with Crippen molar-refractivity contribution < 1.29 is 8.91 Å². The molecule has 2 atom stereocenters. The number of benzene rings is 1. The van der Waals surface area contributed by atoms with Crippen molar-refractivity contribution in [2.75, 3.05) is 0 Å². The molecule has 1 saturated carbocycles. The van der Waals surface area contributed by atoms with Gasteiger partial charge in [-0.2, -0.15) is 4.98 Å². The number of halogens is 1. The van der Waals surface area contributed by atoms with Gasteiger partial charge in [-0.15, -0.1) is 0 Å². The highest BCUT2D eigenvalue weighted by Gasteiger charge is 2.36. The number of hydrogen-bond acceptors (Lipinski definition) is 4. The Morgan fingerprint density at radius 1 is 1.15 bits per heavy atom. The first-order valence-electron chi connectivity index (χ1n) is 6.63. The Balaban J connectivity index is 1.71. The highest BCUT2D eigenvalue weighted by Crippen LogP contribution is 2.38. The van der Waals surface area contributed by atoms with Crippen molar-refractivity contribution in [2.45, 2.75) is 24.9 Å². The zero-order chi connectivity index (χ0) is 13.5. The van der Waals surface area contributed by atoms with E-state index in [1.807, 2.05) is 30.5 Å². The van der Waals surface area contributed by atoms with E-state index >= 15 is 0 Å². The van der Waals surface area contributed by atoms with E-state index in [0.717, 1.165) is 22.8 Å². The van der Waals surface area contributed by atoms with Crippen LogP contribution in [0.15, 0.2) is 41.2 Å². The van der Waals surface area contributed by atoms with Gasteiger partial charge in [0.2, 0.25) is 11.7 Å². The SMILES string of the molecule is FC1CCC1c1nc(-c2ccc3cnccc3c2)no1. The number of aromatic nitrogens is 3. The molecule has 4 nitrogen and oxygen atoms in total. The summed E-state index contributed by atoms with van der Waals surface area (Å²) in [6.07, 6.45) is 4.09. The Kier molecular flexibility index (Phi) is 2.52. The van der Waals surface area contributed by atoms with E-state index in [-0.39, 0.29) is 5.92 Å². The van der Waals surface area contributed by atoms with Crippen molar-refractivity contribution in [1.82, 2.24) is 15.1 Å². The highest BCUT2D eigenvalue weighted by atomic mass is 19.1. The van der Waals surface area contributed by atoms with E-state index in [0.29, 0.717) is 18.1 Å². The van der Waals surface area contributed by atoms with Crippen LogP contribution in [0.4, 0.5) is 4.39 Å². The van der Waals surface area contributed by atoms with E-state index in [4.69, 9.17) is 4.52 Å². The molecule has 0 bridgehead atoms. The molecule has 4 rings (SSSR count). The summed E-state index contributed by atoms with van der Waals surface area (Å²) >= 11 is 0. The summed E-state index contributed by atoms with van der Waals surface area (Å²) in [5.41, 5.74) is 0.869. The summed E-state index contributed by atoms with van der Waals surface area (Å²) < 4.78 is 18.5. The molecule has 1 aliphatic carbocycles. The van der Waals surface area contributed by atoms with E-state index in [2.05, 4.69) is 15.1 Å². The van der Waals surface area contributed by atoms with Crippen molar-refractivity contribution in [1.29, 1.82) is 0 Å². The molecule has 0 aliphatic heterocycles. The van der Waals surface area contributed by atoms with Crippen LogP contribution < -0.4 is 0 Å². The van der Waals surface area contributed by atoms with Crippen molar-refractivity contribution in [2.24, 2.45) is 0 Å². The van der Waals surface area contributed by atoms with Crippen LogP contribution in [-0.4, -0.2) is 21.3 Å². The van der Waals surface area contributed by atoms with Crippen LogP contribution >= 0.6 is 0 Å². The average molecular weight is 269 g/mol. The fourth-order valence-electron chi connectivity index (χ4n) is 2.46. The third-order valence-corrected chi connectivity index (χ3v) is 3.85. The predicted molar refractivity (Wildman–Crippen MR) is 71.9 cm³/mol. The van der Waals surface area contributed by atoms with Crippen LogP contribution in [0.5, 0.6) is 0 Å². The predicted octanol–water partition coefficient (Wildman–Crippen LogP) is 3.50. The minimum atomic E-state index is -0.842. The van der Waals surface area contributed by atoms with Crippen molar-refractivity contribution >= 4 is 10.8 Å². The van der Waals surface area contributed by atoms with Crippen molar-refractivity contribution in [3.8, 4) is 11.4 Å². The molecule has 3 aromatic rings. The second-order valence-electron chi connectivity index (χ2n) is 5.09. The van der Waals surface area contributed by atoms with Gasteiger partial charge in [0.05, 0.1) is 5.92 Å². The van der Waals surface area contributed by atoms with Gasteiger partial charge in [-0.25, -0.2) is 4.39 Å². The Hall–Kier alpha value is -2.30. The number of pyridine rings is 1. The van der Waals surface area contributed by atoms with Gasteiger partial charge in [-0.05, 0) is 30.4 Å². The molecule has 5 heteroatoms. The van der Waals surface area contributed by atoms with Gasteiger partial charge in [-0.3, -0.25) is 4.98 Å². The average Bonchev–Trinajstić information content (AvgIpc) is 2.94. The lowest BCUT2D eigenvalue weighted by atomic mass is 9.83. The number of fused-ring (bicyclic) bond motifs is 1. The molecular formula is C15H12FN3O. The maximum atomic E-state index is 13.4. The van der Waals surface area contributed by atoms with Crippen LogP contribution in [0.1, 0.15) is 24.7 Å². The molecule has 2 aromatic heterocycles. The largest absolute Gasteiger partial charge is 0.339 e. The summed E-state index contributed by atoms with van der Waals surface area (Å²) in [6, 6.07) is 7.81. The lowest BCUT2D eigenvalue weighted by Gasteiger charge is -2.26. The van der Waals surface area contributed by atoms with E-state index < -0.39 is 6.17 Å². The van der Waals surface area contributed by atoms with Gasteiger partial charge in [0.25, 0.3) is 0 Å². The molecule has 1 aromatic carbocycles. The van der Waals surface area contributed by atoms with E-state index in [9.17, 15) is 4.39 Å². The number of hydrogen-bond donors (Lipinski definition) is 0.